The summed E-state index contributed by atoms with van der Waals surface area (Å²) in [6.45, 7) is 22.1. The van der Waals surface area contributed by atoms with Crippen LogP contribution in [0.5, 0.6) is 0 Å². The Morgan fingerprint density at radius 1 is 0.286 bits per heavy atom. The van der Waals surface area contributed by atoms with Crippen LogP contribution < -0.4 is 4.90 Å². The van der Waals surface area contributed by atoms with Crippen LogP contribution in [0, 0.1) is 6.92 Å². The van der Waals surface area contributed by atoms with E-state index in [4.69, 9.17) is 0 Å². The van der Waals surface area contributed by atoms with Gasteiger partial charge in [0.15, 0.2) is 0 Å². The van der Waals surface area contributed by atoms with E-state index in [1.807, 2.05) is 69.2 Å². The summed E-state index contributed by atoms with van der Waals surface area (Å²) in [6.07, 6.45) is 0. The van der Waals surface area contributed by atoms with E-state index in [1.54, 1.807) is 0 Å². The molecule has 1 nitrogen and oxygen atoms in total. The van der Waals surface area contributed by atoms with Gasteiger partial charge in [-0.1, -0.05) is 172 Å². The fourth-order valence-electron chi connectivity index (χ4n) is 4.01. The Morgan fingerprint density at radius 2 is 0.524 bits per heavy atom. The Labute approximate surface area is 258 Å². The summed E-state index contributed by atoms with van der Waals surface area (Å²) in [5.41, 5.74) is 9.58. The van der Waals surface area contributed by atoms with Gasteiger partial charge in [-0.15, -0.1) is 0 Å². The first kappa shape index (κ1) is 37.9. The van der Waals surface area contributed by atoms with Crippen molar-refractivity contribution in [2.45, 2.75) is 76.2 Å². The molecule has 0 aliphatic carbocycles. The molecule has 0 unspecified atom stereocenters. The zero-order valence-electron chi connectivity index (χ0n) is 28.1. The fraction of sp³-hybridized carbons (Fsp3) is 0.268. The molecule has 0 atom stereocenters. The minimum atomic E-state index is 1.14. The average molecular weight is 562 g/mol. The van der Waals surface area contributed by atoms with Crippen molar-refractivity contribution >= 4 is 17.1 Å². The molecule has 0 fully saturated rings. The summed E-state index contributed by atoms with van der Waals surface area (Å²) < 4.78 is 0. The molecular formula is C41H55N. The van der Waals surface area contributed by atoms with Crippen LogP contribution in [0.3, 0.4) is 0 Å². The molecule has 5 aromatic rings. The van der Waals surface area contributed by atoms with Gasteiger partial charge in [-0.2, -0.15) is 0 Å². The Kier molecular flexibility index (Phi) is 21.3. The maximum absolute atomic E-state index is 2.31. The van der Waals surface area contributed by atoms with Crippen molar-refractivity contribution in [3.05, 3.63) is 139 Å². The Bertz CT molecular complexity index is 1190. The van der Waals surface area contributed by atoms with Crippen LogP contribution in [0.4, 0.5) is 17.1 Å². The number of rotatable bonds is 5. The van der Waals surface area contributed by atoms with Crippen molar-refractivity contribution in [1.29, 1.82) is 0 Å². The summed E-state index contributed by atoms with van der Waals surface area (Å²) >= 11 is 0. The van der Waals surface area contributed by atoms with Gasteiger partial charge in [-0.3, -0.25) is 0 Å². The largest absolute Gasteiger partial charge is 0.311 e. The van der Waals surface area contributed by atoms with E-state index < -0.39 is 0 Å². The maximum atomic E-state index is 2.31. The standard InChI is InChI=1S/C31H25N.5C2H6/c1-24-12-18-29(19-13-24)32(30-20-14-27(15-21-30)25-8-4-2-5-9-25)31-22-16-28(17-23-31)26-10-6-3-7-11-26;5*1-2/h2-23H,1H3;5*1-2H3. The summed E-state index contributed by atoms with van der Waals surface area (Å²) in [4.78, 5) is 2.31. The summed E-state index contributed by atoms with van der Waals surface area (Å²) in [6, 6.07) is 47.3. The highest BCUT2D eigenvalue weighted by molar-refractivity contribution is 5.79. The maximum Gasteiger partial charge on any atom is 0.0462 e. The molecule has 0 bridgehead atoms. The molecule has 0 heterocycles. The lowest BCUT2D eigenvalue weighted by Crippen LogP contribution is -2.09. The normalized spacial score (nSPS) is 8.83. The second kappa shape index (κ2) is 23.6. The molecule has 1 heteroatoms. The minimum Gasteiger partial charge on any atom is -0.311 e. The molecule has 0 spiro atoms. The second-order valence-electron chi connectivity index (χ2n) is 8.00. The minimum absolute atomic E-state index is 1.14. The number of benzene rings is 5. The first-order chi connectivity index (χ1) is 20.8. The van der Waals surface area contributed by atoms with Crippen molar-refractivity contribution < 1.29 is 0 Å². The molecule has 0 aliphatic rings. The first-order valence-corrected chi connectivity index (χ1v) is 16.0. The second-order valence-corrected chi connectivity index (χ2v) is 8.00. The van der Waals surface area contributed by atoms with Gasteiger partial charge in [0, 0.05) is 17.1 Å². The van der Waals surface area contributed by atoms with Crippen LogP contribution in [0.1, 0.15) is 74.8 Å². The van der Waals surface area contributed by atoms with Crippen molar-refractivity contribution in [3.8, 4) is 22.3 Å². The monoisotopic (exact) mass is 561 g/mol. The van der Waals surface area contributed by atoms with Gasteiger partial charge in [0.1, 0.15) is 0 Å². The van der Waals surface area contributed by atoms with Crippen molar-refractivity contribution in [2.24, 2.45) is 0 Å². The van der Waals surface area contributed by atoms with Gasteiger partial charge in [0.2, 0.25) is 0 Å². The lowest BCUT2D eigenvalue weighted by atomic mass is 10.0. The number of hydrogen-bond acceptors (Lipinski definition) is 1. The average Bonchev–Trinajstić information content (AvgIpc) is 3.11. The Morgan fingerprint density at radius 3 is 0.810 bits per heavy atom. The number of aryl methyl sites for hydroxylation is 1. The molecule has 0 saturated heterocycles. The van der Waals surface area contributed by atoms with Crippen molar-refractivity contribution in [1.82, 2.24) is 0 Å². The highest BCUT2D eigenvalue weighted by Gasteiger charge is 2.13. The Hall–Kier alpha value is -4.10. The molecule has 224 valence electrons. The zero-order valence-corrected chi connectivity index (χ0v) is 28.1. The van der Waals surface area contributed by atoms with Crippen LogP contribution in [0.25, 0.3) is 22.3 Å². The van der Waals surface area contributed by atoms with Crippen LogP contribution in [0.15, 0.2) is 133 Å². The number of hydrogen-bond donors (Lipinski definition) is 0. The lowest BCUT2D eigenvalue weighted by Gasteiger charge is -2.26. The van der Waals surface area contributed by atoms with E-state index in [0.29, 0.717) is 0 Å². The summed E-state index contributed by atoms with van der Waals surface area (Å²) in [7, 11) is 0. The highest BCUT2D eigenvalue weighted by Crippen LogP contribution is 2.36. The van der Waals surface area contributed by atoms with E-state index >= 15 is 0 Å². The van der Waals surface area contributed by atoms with E-state index in [2.05, 4.69) is 145 Å². The van der Waals surface area contributed by atoms with Gasteiger partial charge in [0.25, 0.3) is 0 Å². The molecular weight excluding hydrogens is 506 g/mol. The van der Waals surface area contributed by atoms with Crippen molar-refractivity contribution in [3.63, 3.8) is 0 Å². The topological polar surface area (TPSA) is 3.24 Å². The molecule has 5 aromatic carbocycles. The molecule has 0 aliphatic heterocycles. The third-order valence-electron chi connectivity index (χ3n) is 5.76. The predicted octanol–water partition coefficient (Wildman–Crippen LogP) is 13.9. The van der Waals surface area contributed by atoms with Gasteiger partial charge in [0.05, 0.1) is 0 Å². The predicted molar refractivity (Wildman–Crippen MR) is 193 cm³/mol. The molecule has 0 saturated carbocycles. The molecule has 5 rings (SSSR count). The lowest BCUT2D eigenvalue weighted by molar-refractivity contribution is 1.27. The number of anilines is 3. The van der Waals surface area contributed by atoms with Gasteiger partial charge in [-0.05, 0) is 65.6 Å². The highest BCUT2D eigenvalue weighted by atomic mass is 15.1. The fourth-order valence-corrected chi connectivity index (χ4v) is 4.01. The Balaban J connectivity index is 0.00000153. The van der Waals surface area contributed by atoms with Gasteiger partial charge in [-0.25, -0.2) is 0 Å². The van der Waals surface area contributed by atoms with E-state index in [9.17, 15) is 0 Å². The van der Waals surface area contributed by atoms with Gasteiger partial charge >= 0.3 is 0 Å². The van der Waals surface area contributed by atoms with E-state index in [1.165, 1.54) is 27.8 Å². The van der Waals surface area contributed by atoms with Crippen molar-refractivity contribution in [2.75, 3.05) is 4.90 Å². The SMILES string of the molecule is CC.CC.CC.CC.CC.Cc1ccc(N(c2ccc(-c3ccccc3)cc2)c2ccc(-c3ccccc3)cc2)cc1. The molecule has 0 amide bonds. The molecule has 0 N–H and O–H groups in total. The van der Waals surface area contributed by atoms with Crippen LogP contribution in [-0.2, 0) is 0 Å². The molecule has 42 heavy (non-hydrogen) atoms. The van der Waals surface area contributed by atoms with Crippen LogP contribution >= 0.6 is 0 Å². The van der Waals surface area contributed by atoms with E-state index in [-0.39, 0.29) is 0 Å². The first-order valence-electron chi connectivity index (χ1n) is 16.0. The quantitative estimate of drug-likeness (QED) is 0.206. The third kappa shape index (κ3) is 11.4. The summed E-state index contributed by atoms with van der Waals surface area (Å²) in [5, 5.41) is 0. The van der Waals surface area contributed by atoms with Gasteiger partial charge < -0.3 is 4.90 Å². The third-order valence-corrected chi connectivity index (χ3v) is 5.76. The van der Waals surface area contributed by atoms with Crippen LogP contribution in [0.2, 0.25) is 0 Å². The molecule has 0 radical (unpaired) electrons. The van der Waals surface area contributed by atoms with E-state index in [0.717, 1.165) is 17.1 Å². The zero-order chi connectivity index (χ0) is 31.8. The van der Waals surface area contributed by atoms with Crippen LogP contribution in [-0.4, -0.2) is 0 Å². The molecule has 0 aromatic heterocycles. The number of nitrogens with zero attached hydrogens (tertiary/aromatic N) is 1. The smallest absolute Gasteiger partial charge is 0.0462 e. The summed E-state index contributed by atoms with van der Waals surface area (Å²) in [5.74, 6) is 0.